The van der Waals surface area contributed by atoms with Gasteiger partial charge in [0.05, 0.1) is 22.4 Å². The van der Waals surface area contributed by atoms with Crippen molar-refractivity contribution >= 4 is 31.5 Å². The number of carboxylic acids is 1. The van der Waals surface area contributed by atoms with E-state index in [1.165, 1.54) is 13.1 Å². The number of hydrogen-bond acceptors (Lipinski definition) is 5. The minimum atomic E-state index is -3.83. The Morgan fingerprint density at radius 3 is 2.48 bits per heavy atom. The molecule has 1 fully saturated rings. The van der Waals surface area contributed by atoms with Gasteiger partial charge in [-0.2, -0.15) is 0 Å². The van der Waals surface area contributed by atoms with Crippen LogP contribution >= 0.6 is 0 Å². The molecule has 10 heteroatoms. The standard InChI is InChI=1S/C11H16N2O6S2/c1-7-10(11(14)15)9(6-12-7)13-21(18,19)8-2-4-20(16,17)5-3-8/h6,8,12-13H,2-5H2,1H3,(H,14,15). The zero-order valence-electron chi connectivity index (χ0n) is 11.3. The van der Waals surface area contributed by atoms with Crippen molar-refractivity contribution in [2.45, 2.75) is 25.0 Å². The third-order valence-corrected chi connectivity index (χ3v) is 7.05. The van der Waals surface area contributed by atoms with Crippen LogP contribution in [0.4, 0.5) is 5.69 Å². The summed E-state index contributed by atoms with van der Waals surface area (Å²) < 4.78 is 49.4. The molecule has 0 atom stereocenters. The van der Waals surface area contributed by atoms with Crippen molar-refractivity contribution in [3.05, 3.63) is 17.5 Å². The van der Waals surface area contributed by atoms with Gasteiger partial charge < -0.3 is 10.1 Å². The van der Waals surface area contributed by atoms with Gasteiger partial charge in [0.1, 0.15) is 15.4 Å². The predicted octanol–water partition coefficient (Wildman–Crippen LogP) is 0.340. The van der Waals surface area contributed by atoms with Gasteiger partial charge in [-0.1, -0.05) is 0 Å². The second-order valence-corrected chi connectivity index (χ2v) is 9.27. The van der Waals surface area contributed by atoms with E-state index < -0.39 is 31.1 Å². The lowest BCUT2D eigenvalue weighted by molar-refractivity contribution is 0.0697. The molecule has 2 rings (SSSR count). The number of nitrogens with one attached hydrogen (secondary N) is 2. The van der Waals surface area contributed by atoms with Crippen molar-refractivity contribution in [2.24, 2.45) is 0 Å². The average molecular weight is 336 g/mol. The van der Waals surface area contributed by atoms with Gasteiger partial charge in [-0.15, -0.1) is 0 Å². The van der Waals surface area contributed by atoms with Gasteiger partial charge in [0.25, 0.3) is 0 Å². The van der Waals surface area contributed by atoms with E-state index in [9.17, 15) is 21.6 Å². The first-order valence-electron chi connectivity index (χ1n) is 6.26. The molecule has 1 aromatic rings. The van der Waals surface area contributed by atoms with E-state index in [1.807, 2.05) is 0 Å². The molecule has 0 unspecified atom stereocenters. The summed E-state index contributed by atoms with van der Waals surface area (Å²) in [6.45, 7) is 1.52. The van der Waals surface area contributed by atoms with Crippen molar-refractivity contribution in [2.75, 3.05) is 16.2 Å². The molecule has 0 aliphatic carbocycles. The molecule has 1 aromatic heterocycles. The molecule has 0 saturated carbocycles. The summed E-state index contributed by atoms with van der Waals surface area (Å²) in [5.74, 6) is -1.58. The molecule has 0 aromatic carbocycles. The Morgan fingerprint density at radius 1 is 1.38 bits per heavy atom. The van der Waals surface area contributed by atoms with E-state index in [-0.39, 0.29) is 35.6 Å². The lowest BCUT2D eigenvalue weighted by Gasteiger charge is -2.22. The lowest BCUT2D eigenvalue weighted by atomic mass is 10.2. The first kappa shape index (κ1) is 15.8. The number of aryl methyl sites for hydroxylation is 1. The minimum absolute atomic E-state index is 0.0173. The third kappa shape index (κ3) is 3.38. The number of carbonyl (C=O) groups is 1. The summed E-state index contributed by atoms with van der Waals surface area (Å²) in [6, 6.07) is 0. The molecule has 0 amide bonds. The van der Waals surface area contributed by atoms with Gasteiger partial charge in [0, 0.05) is 11.9 Å². The Kier molecular flexibility index (Phi) is 4.02. The van der Waals surface area contributed by atoms with Gasteiger partial charge in [-0.05, 0) is 19.8 Å². The number of anilines is 1. The van der Waals surface area contributed by atoms with Crippen LogP contribution in [-0.4, -0.2) is 49.7 Å². The maximum atomic E-state index is 12.2. The number of aromatic nitrogens is 1. The van der Waals surface area contributed by atoms with Crippen LogP contribution in [0, 0.1) is 6.92 Å². The smallest absolute Gasteiger partial charge is 0.339 e. The largest absolute Gasteiger partial charge is 0.478 e. The highest BCUT2D eigenvalue weighted by Crippen LogP contribution is 2.25. The van der Waals surface area contributed by atoms with Crippen molar-refractivity contribution in [1.82, 2.24) is 4.98 Å². The summed E-state index contributed by atoms with van der Waals surface area (Å²) in [7, 11) is -6.99. The van der Waals surface area contributed by atoms with E-state index in [2.05, 4.69) is 9.71 Å². The van der Waals surface area contributed by atoms with E-state index in [1.54, 1.807) is 0 Å². The Balaban J connectivity index is 2.21. The van der Waals surface area contributed by atoms with Crippen LogP contribution in [0.3, 0.4) is 0 Å². The third-order valence-electron chi connectivity index (χ3n) is 3.48. The number of sulfone groups is 1. The molecule has 2 heterocycles. The summed E-state index contributed by atoms with van der Waals surface area (Å²) in [5, 5.41) is 8.24. The number of carboxylic acid groups (broad SMARTS) is 1. The van der Waals surface area contributed by atoms with Gasteiger partial charge >= 0.3 is 5.97 Å². The molecule has 8 nitrogen and oxygen atoms in total. The van der Waals surface area contributed by atoms with Crippen LogP contribution < -0.4 is 4.72 Å². The molecule has 0 spiro atoms. The highest BCUT2D eigenvalue weighted by atomic mass is 32.2. The highest BCUT2D eigenvalue weighted by molar-refractivity contribution is 7.94. The molecule has 21 heavy (non-hydrogen) atoms. The van der Waals surface area contributed by atoms with Gasteiger partial charge in [-0.25, -0.2) is 21.6 Å². The molecule has 118 valence electrons. The molecule has 0 bridgehead atoms. The average Bonchev–Trinajstić information content (AvgIpc) is 2.69. The molecular weight excluding hydrogens is 320 g/mol. The number of rotatable bonds is 4. The number of H-pyrrole nitrogens is 1. The fraction of sp³-hybridized carbons (Fsp3) is 0.545. The maximum Gasteiger partial charge on any atom is 0.339 e. The van der Waals surface area contributed by atoms with Gasteiger partial charge in [0.15, 0.2) is 0 Å². The second-order valence-electron chi connectivity index (χ2n) is 5.01. The quantitative estimate of drug-likeness (QED) is 0.726. The molecule has 1 saturated heterocycles. The van der Waals surface area contributed by atoms with Crippen LogP contribution in [0.15, 0.2) is 6.20 Å². The number of hydrogen-bond donors (Lipinski definition) is 3. The lowest BCUT2D eigenvalue weighted by Crippen LogP contribution is -2.36. The zero-order valence-corrected chi connectivity index (χ0v) is 12.9. The van der Waals surface area contributed by atoms with Crippen molar-refractivity contribution in [3.63, 3.8) is 0 Å². The Labute approximate surface area is 122 Å². The molecule has 1 aliphatic rings. The van der Waals surface area contributed by atoms with E-state index in [4.69, 9.17) is 5.11 Å². The zero-order chi connectivity index (χ0) is 15.8. The van der Waals surface area contributed by atoms with Crippen LogP contribution in [0.5, 0.6) is 0 Å². The Hall–Kier alpha value is -1.55. The van der Waals surface area contributed by atoms with Gasteiger partial charge in [-0.3, -0.25) is 4.72 Å². The summed E-state index contributed by atoms with van der Waals surface area (Å²) >= 11 is 0. The summed E-state index contributed by atoms with van der Waals surface area (Å²) in [5.41, 5.74) is 0.168. The Morgan fingerprint density at radius 2 is 1.95 bits per heavy atom. The van der Waals surface area contributed by atoms with Crippen LogP contribution in [0.25, 0.3) is 0 Å². The van der Waals surface area contributed by atoms with E-state index in [0.29, 0.717) is 5.69 Å². The predicted molar refractivity (Wildman–Crippen MR) is 76.7 cm³/mol. The normalized spacial score (nSPS) is 19.3. The monoisotopic (exact) mass is 336 g/mol. The summed E-state index contributed by atoms with van der Waals surface area (Å²) in [4.78, 5) is 13.8. The number of aromatic amines is 1. The second kappa shape index (κ2) is 5.34. The fourth-order valence-corrected chi connectivity index (χ4v) is 5.58. The van der Waals surface area contributed by atoms with Gasteiger partial charge in [0.2, 0.25) is 10.0 Å². The number of sulfonamides is 1. The SMILES string of the molecule is Cc1[nH]cc(NS(=O)(=O)C2CCS(=O)(=O)CC2)c1C(=O)O. The van der Waals surface area contributed by atoms with Crippen molar-refractivity contribution in [1.29, 1.82) is 0 Å². The minimum Gasteiger partial charge on any atom is -0.478 e. The molecular formula is C11H16N2O6S2. The Bertz CT molecular complexity index is 749. The molecule has 0 radical (unpaired) electrons. The van der Waals surface area contributed by atoms with Crippen LogP contribution in [0.1, 0.15) is 28.9 Å². The first-order valence-corrected chi connectivity index (χ1v) is 9.62. The van der Waals surface area contributed by atoms with Crippen molar-refractivity contribution < 1.29 is 26.7 Å². The van der Waals surface area contributed by atoms with E-state index in [0.717, 1.165) is 0 Å². The first-order chi connectivity index (χ1) is 9.62. The van der Waals surface area contributed by atoms with E-state index >= 15 is 0 Å². The molecule has 1 aliphatic heterocycles. The van der Waals surface area contributed by atoms with Crippen LogP contribution in [0.2, 0.25) is 0 Å². The topological polar surface area (TPSA) is 133 Å². The fourth-order valence-electron chi connectivity index (χ4n) is 2.30. The van der Waals surface area contributed by atoms with Crippen LogP contribution in [-0.2, 0) is 19.9 Å². The maximum absolute atomic E-state index is 12.2. The molecule has 3 N–H and O–H groups in total. The number of aromatic carboxylic acids is 1. The highest BCUT2D eigenvalue weighted by Gasteiger charge is 2.33. The summed E-state index contributed by atoms with van der Waals surface area (Å²) in [6.07, 6.45) is 1.31. The van der Waals surface area contributed by atoms with Crippen molar-refractivity contribution in [3.8, 4) is 0 Å².